The molecule has 0 aliphatic heterocycles. The molecule has 1 aliphatic carbocycles. The lowest BCUT2D eigenvalue weighted by atomic mass is 9.93. The Morgan fingerprint density at radius 2 is 2.12 bits per heavy atom. The van der Waals surface area contributed by atoms with E-state index < -0.39 is 23.0 Å². The van der Waals surface area contributed by atoms with Gasteiger partial charge >= 0.3 is 5.97 Å². The number of aliphatic carboxylic acids is 1. The number of ether oxygens (including phenoxy) is 1. The van der Waals surface area contributed by atoms with Gasteiger partial charge in [-0.15, -0.1) is 0 Å². The molecule has 17 heavy (non-hydrogen) atoms. The Kier molecular flexibility index (Phi) is 2.49. The zero-order valence-electron chi connectivity index (χ0n) is 9.58. The second-order valence-electron chi connectivity index (χ2n) is 4.32. The van der Waals surface area contributed by atoms with Crippen molar-refractivity contribution >= 4 is 5.97 Å². The highest BCUT2D eigenvalue weighted by atomic mass is 19.1. The first kappa shape index (κ1) is 11.7. The van der Waals surface area contributed by atoms with Crippen molar-refractivity contribution in [3.05, 3.63) is 23.0 Å². The minimum Gasteiger partial charge on any atom is -0.505 e. The highest BCUT2D eigenvalue weighted by Crippen LogP contribution is 2.53. The van der Waals surface area contributed by atoms with Gasteiger partial charge in [0.25, 0.3) is 0 Å². The van der Waals surface area contributed by atoms with Crippen LogP contribution in [0.15, 0.2) is 6.07 Å². The Hall–Kier alpha value is -1.78. The van der Waals surface area contributed by atoms with E-state index >= 15 is 0 Å². The van der Waals surface area contributed by atoms with Crippen LogP contribution < -0.4 is 4.74 Å². The van der Waals surface area contributed by atoms with E-state index in [1.165, 1.54) is 20.1 Å². The van der Waals surface area contributed by atoms with Crippen molar-refractivity contribution in [2.24, 2.45) is 0 Å². The van der Waals surface area contributed by atoms with E-state index in [1.807, 2.05) is 0 Å². The van der Waals surface area contributed by atoms with Gasteiger partial charge in [0.05, 0.1) is 12.5 Å². The normalized spacial score (nSPS) is 16.6. The van der Waals surface area contributed by atoms with Crippen molar-refractivity contribution in [2.75, 3.05) is 7.11 Å². The minimum absolute atomic E-state index is 0.173. The number of aromatic hydroxyl groups is 1. The summed E-state index contributed by atoms with van der Waals surface area (Å²) >= 11 is 0. The number of phenols is 1. The summed E-state index contributed by atoms with van der Waals surface area (Å²) in [6, 6.07) is 1.48. The van der Waals surface area contributed by atoms with Crippen molar-refractivity contribution in [3.8, 4) is 11.5 Å². The van der Waals surface area contributed by atoms with Crippen molar-refractivity contribution in [2.45, 2.75) is 25.2 Å². The summed E-state index contributed by atoms with van der Waals surface area (Å²) in [6.07, 6.45) is 0.921. The van der Waals surface area contributed by atoms with E-state index in [4.69, 9.17) is 4.74 Å². The van der Waals surface area contributed by atoms with Crippen LogP contribution in [0.2, 0.25) is 0 Å². The van der Waals surface area contributed by atoms with E-state index in [1.54, 1.807) is 0 Å². The molecule has 1 saturated carbocycles. The number of carboxylic acid groups (broad SMARTS) is 1. The van der Waals surface area contributed by atoms with E-state index in [0.717, 1.165) is 0 Å². The lowest BCUT2D eigenvalue weighted by Gasteiger charge is -2.17. The van der Waals surface area contributed by atoms with E-state index in [0.29, 0.717) is 24.0 Å². The molecule has 0 spiro atoms. The van der Waals surface area contributed by atoms with Gasteiger partial charge in [-0.1, -0.05) is 0 Å². The van der Waals surface area contributed by atoms with Crippen LogP contribution in [0.3, 0.4) is 0 Å². The third-order valence-corrected chi connectivity index (χ3v) is 3.27. The highest BCUT2D eigenvalue weighted by molar-refractivity contribution is 5.86. The van der Waals surface area contributed by atoms with Gasteiger partial charge in [0, 0.05) is 5.56 Å². The average Bonchev–Trinajstić information content (AvgIpc) is 3.06. The molecule has 1 aliphatic rings. The number of aryl methyl sites for hydroxylation is 1. The number of benzene rings is 1. The molecular formula is C12H13FO4. The van der Waals surface area contributed by atoms with Crippen LogP contribution in [-0.2, 0) is 10.2 Å². The van der Waals surface area contributed by atoms with Gasteiger partial charge in [0.2, 0.25) is 5.82 Å². The Morgan fingerprint density at radius 1 is 1.53 bits per heavy atom. The Balaban J connectivity index is 2.66. The molecule has 0 saturated heterocycles. The molecule has 0 bridgehead atoms. The molecule has 92 valence electrons. The maximum atomic E-state index is 13.8. The smallest absolute Gasteiger partial charge is 0.314 e. The Bertz CT molecular complexity index is 492. The number of carbonyl (C=O) groups is 1. The Labute approximate surface area is 97.6 Å². The molecule has 0 aromatic heterocycles. The largest absolute Gasteiger partial charge is 0.505 e. The predicted octanol–water partition coefficient (Wildman–Crippen LogP) is 1.96. The minimum atomic E-state index is -1.05. The summed E-state index contributed by atoms with van der Waals surface area (Å²) in [5.41, 5.74) is -0.434. The van der Waals surface area contributed by atoms with Crippen LogP contribution in [0, 0.1) is 12.7 Å². The first-order valence-corrected chi connectivity index (χ1v) is 5.24. The predicted molar refractivity (Wildman–Crippen MR) is 57.9 cm³/mol. The third-order valence-electron chi connectivity index (χ3n) is 3.27. The van der Waals surface area contributed by atoms with Crippen LogP contribution in [-0.4, -0.2) is 23.3 Å². The second kappa shape index (κ2) is 3.61. The molecule has 0 radical (unpaired) electrons. The van der Waals surface area contributed by atoms with Gasteiger partial charge < -0.3 is 14.9 Å². The van der Waals surface area contributed by atoms with Crippen LogP contribution in [0.25, 0.3) is 0 Å². The monoisotopic (exact) mass is 240 g/mol. The molecule has 0 atom stereocenters. The maximum Gasteiger partial charge on any atom is 0.314 e. The first-order valence-electron chi connectivity index (χ1n) is 5.24. The average molecular weight is 240 g/mol. The van der Waals surface area contributed by atoms with E-state index in [2.05, 4.69) is 0 Å². The van der Waals surface area contributed by atoms with Gasteiger partial charge in [-0.3, -0.25) is 4.79 Å². The van der Waals surface area contributed by atoms with E-state index in [-0.39, 0.29) is 5.75 Å². The fraction of sp³-hybridized carbons (Fsp3) is 0.417. The molecule has 1 fully saturated rings. The van der Waals surface area contributed by atoms with Gasteiger partial charge in [-0.25, -0.2) is 0 Å². The summed E-state index contributed by atoms with van der Waals surface area (Å²) in [5, 5.41) is 18.7. The number of halogens is 1. The molecule has 1 aromatic rings. The molecule has 5 heteroatoms. The summed E-state index contributed by atoms with van der Waals surface area (Å²) in [7, 11) is 1.26. The molecule has 0 amide bonds. The molecule has 4 nitrogen and oxygen atoms in total. The zero-order chi connectivity index (χ0) is 12.8. The van der Waals surface area contributed by atoms with Gasteiger partial charge in [0.1, 0.15) is 0 Å². The first-order chi connectivity index (χ1) is 7.94. The molecular weight excluding hydrogens is 227 g/mol. The van der Waals surface area contributed by atoms with Crippen LogP contribution >= 0.6 is 0 Å². The van der Waals surface area contributed by atoms with Gasteiger partial charge in [0.15, 0.2) is 11.5 Å². The SMILES string of the molecule is COc1c(C2(C(=O)O)CC2)cc(C)c(O)c1F. The fourth-order valence-electron chi connectivity index (χ4n) is 2.03. The van der Waals surface area contributed by atoms with E-state index in [9.17, 15) is 19.4 Å². The summed E-state index contributed by atoms with van der Waals surface area (Å²) in [5.74, 6) is -2.55. The maximum absolute atomic E-state index is 13.8. The quantitative estimate of drug-likeness (QED) is 0.847. The number of hydrogen-bond donors (Lipinski definition) is 2. The van der Waals surface area contributed by atoms with Crippen molar-refractivity contribution < 1.29 is 24.1 Å². The number of carboxylic acids is 1. The summed E-state index contributed by atoms with van der Waals surface area (Å²) in [4.78, 5) is 11.2. The van der Waals surface area contributed by atoms with Crippen LogP contribution in [0.5, 0.6) is 11.5 Å². The third kappa shape index (κ3) is 1.53. The van der Waals surface area contributed by atoms with Crippen LogP contribution in [0.4, 0.5) is 4.39 Å². The highest BCUT2D eigenvalue weighted by Gasteiger charge is 2.54. The van der Waals surface area contributed by atoms with Crippen molar-refractivity contribution in [1.29, 1.82) is 0 Å². The number of methoxy groups -OCH3 is 1. The second-order valence-corrected chi connectivity index (χ2v) is 4.32. The molecule has 1 aromatic carbocycles. The van der Waals surface area contributed by atoms with Crippen molar-refractivity contribution in [3.63, 3.8) is 0 Å². The standard InChI is InChI=1S/C12H13FO4/c1-6-5-7(12(3-4-12)11(15)16)10(17-2)8(13)9(6)14/h5,14H,3-4H2,1-2H3,(H,15,16). The molecule has 2 rings (SSSR count). The van der Waals surface area contributed by atoms with Gasteiger partial charge in [-0.05, 0) is 31.4 Å². The number of rotatable bonds is 3. The van der Waals surface area contributed by atoms with Crippen LogP contribution in [0.1, 0.15) is 24.0 Å². The summed E-state index contributed by atoms with van der Waals surface area (Å²) in [6.45, 7) is 1.53. The summed E-state index contributed by atoms with van der Waals surface area (Å²) < 4.78 is 18.7. The lowest BCUT2D eigenvalue weighted by Crippen LogP contribution is -2.21. The topological polar surface area (TPSA) is 66.8 Å². The fourth-order valence-corrected chi connectivity index (χ4v) is 2.03. The Morgan fingerprint density at radius 3 is 2.53 bits per heavy atom. The molecule has 2 N–H and O–H groups in total. The molecule has 0 heterocycles. The number of phenolic OH excluding ortho intramolecular Hbond substituents is 1. The lowest BCUT2D eigenvalue weighted by molar-refractivity contribution is -0.140. The van der Waals surface area contributed by atoms with Crippen molar-refractivity contribution in [1.82, 2.24) is 0 Å². The molecule has 0 unspecified atom stereocenters. The number of hydrogen-bond acceptors (Lipinski definition) is 3. The zero-order valence-corrected chi connectivity index (χ0v) is 9.58. The van der Waals surface area contributed by atoms with Gasteiger partial charge in [-0.2, -0.15) is 4.39 Å².